The lowest BCUT2D eigenvalue weighted by molar-refractivity contribution is -0.134. The molecule has 1 amide bonds. The molecule has 0 bridgehead atoms. The number of nitrogens with zero attached hydrogens (tertiary/aromatic N) is 1. The third kappa shape index (κ3) is 3.55. The lowest BCUT2D eigenvalue weighted by Gasteiger charge is -2.26. The second kappa shape index (κ2) is 6.68. The summed E-state index contributed by atoms with van der Waals surface area (Å²) in [6.45, 7) is 0.764. The van der Waals surface area contributed by atoms with Gasteiger partial charge < -0.3 is 15.7 Å². The van der Waals surface area contributed by atoms with Crippen LogP contribution in [0.25, 0.3) is 0 Å². The molecule has 2 rings (SSSR count). The van der Waals surface area contributed by atoms with Gasteiger partial charge in [0.2, 0.25) is 5.91 Å². The Morgan fingerprint density at radius 3 is 2.84 bits per heavy atom. The highest BCUT2D eigenvalue weighted by molar-refractivity contribution is 5.82. The van der Waals surface area contributed by atoms with Crippen molar-refractivity contribution >= 4 is 5.91 Å². The van der Waals surface area contributed by atoms with E-state index in [9.17, 15) is 9.90 Å². The molecular weight excluding hydrogens is 240 g/mol. The molecule has 0 spiro atoms. The van der Waals surface area contributed by atoms with Crippen molar-refractivity contribution in [2.24, 2.45) is 5.73 Å². The van der Waals surface area contributed by atoms with E-state index in [0.29, 0.717) is 6.42 Å². The first-order chi connectivity index (χ1) is 9.22. The Bertz CT molecular complexity index is 408. The topological polar surface area (TPSA) is 66.6 Å². The average molecular weight is 262 g/mol. The molecule has 1 fully saturated rings. The van der Waals surface area contributed by atoms with Crippen LogP contribution in [0.1, 0.15) is 24.8 Å². The van der Waals surface area contributed by atoms with E-state index in [1.54, 1.807) is 4.90 Å². The molecule has 2 atom stereocenters. The van der Waals surface area contributed by atoms with Gasteiger partial charge in [0.1, 0.15) is 0 Å². The largest absolute Gasteiger partial charge is 0.394 e. The summed E-state index contributed by atoms with van der Waals surface area (Å²) in [6, 6.07) is 9.55. The molecule has 2 unspecified atom stereocenters. The molecule has 4 heteroatoms. The highest BCUT2D eigenvalue weighted by Gasteiger charge is 2.30. The first kappa shape index (κ1) is 14.0. The van der Waals surface area contributed by atoms with Crippen molar-refractivity contribution in [3.63, 3.8) is 0 Å². The Hall–Kier alpha value is -1.39. The smallest absolute Gasteiger partial charge is 0.239 e. The highest BCUT2D eigenvalue weighted by Crippen LogP contribution is 2.18. The molecule has 19 heavy (non-hydrogen) atoms. The molecule has 1 aliphatic heterocycles. The van der Waals surface area contributed by atoms with Gasteiger partial charge in [-0.2, -0.15) is 0 Å². The lowest BCUT2D eigenvalue weighted by atomic mass is 10.0. The number of likely N-dealkylation sites (tertiary alicyclic amines) is 1. The minimum atomic E-state index is -0.465. The molecule has 3 N–H and O–H groups in total. The zero-order chi connectivity index (χ0) is 13.7. The van der Waals surface area contributed by atoms with Gasteiger partial charge in [0.05, 0.1) is 18.7 Å². The molecular formula is C15H22N2O2. The Kier molecular flexibility index (Phi) is 4.93. The molecule has 0 saturated carbocycles. The van der Waals surface area contributed by atoms with Gasteiger partial charge in [-0.25, -0.2) is 0 Å². The van der Waals surface area contributed by atoms with Crippen molar-refractivity contribution in [3.8, 4) is 0 Å². The number of rotatable bonds is 5. The van der Waals surface area contributed by atoms with Crippen molar-refractivity contribution in [1.29, 1.82) is 0 Å². The number of carbonyl (C=O) groups excluding carboxylic acids is 1. The van der Waals surface area contributed by atoms with Crippen LogP contribution in [-0.2, 0) is 11.2 Å². The summed E-state index contributed by atoms with van der Waals surface area (Å²) >= 11 is 0. The summed E-state index contributed by atoms with van der Waals surface area (Å²) in [5.41, 5.74) is 7.19. The summed E-state index contributed by atoms with van der Waals surface area (Å²) in [4.78, 5) is 14.0. The molecule has 1 aromatic rings. The number of aliphatic hydroxyl groups is 1. The molecule has 1 aliphatic rings. The molecule has 1 heterocycles. The van der Waals surface area contributed by atoms with Gasteiger partial charge in [-0.15, -0.1) is 0 Å². The van der Waals surface area contributed by atoms with Gasteiger partial charge in [0, 0.05) is 6.54 Å². The van der Waals surface area contributed by atoms with Crippen LogP contribution in [0.15, 0.2) is 30.3 Å². The van der Waals surface area contributed by atoms with Crippen LogP contribution in [0.2, 0.25) is 0 Å². The summed E-state index contributed by atoms with van der Waals surface area (Å²) in [5.74, 6) is -0.0209. The molecule has 1 aromatic carbocycles. The first-order valence-corrected chi connectivity index (χ1v) is 6.93. The lowest BCUT2D eigenvalue weighted by Crippen LogP contribution is -2.47. The third-order valence-electron chi connectivity index (χ3n) is 3.78. The second-order valence-corrected chi connectivity index (χ2v) is 5.14. The monoisotopic (exact) mass is 262 g/mol. The second-order valence-electron chi connectivity index (χ2n) is 5.14. The maximum Gasteiger partial charge on any atom is 0.239 e. The Labute approximate surface area is 114 Å². The predicted molar refractivity (Wildman–Crippen MR) is 74.6 cm³/mol. The Morgan fingerprint density at radius 2 is 2.16 bits per heavy atom. The fourth-order valence-electron chi connectivity index (χ4n) is 2.62. The Balaban J connectivity index is 1.85. The maximum atomic E-state index is 12.2. The average Bonchev–Trinajstić information content (AvgIpc) is 2.93. The normalized spacial score (nSPS) is 20.5. The van der Waals surface area contributed by atoms with E-state index in [0.717, 1.165) is 25.8 Å². The summed E-state index contributed by atoms with van der Waals surface area (Å²) in [5, 5.41) is 9.24. The number of amides is 1. The van der Waals surface area contributed by atoms with Crippen LogP contribution >= 0.6 is 0 Å². The first-order valence-electron chi connectivity index (χ1n) is 6.93. The van der Waals surface area contributed by atoms with Crippen LogP contribution < -0.4 is 5.73 Å². The van der Waals surface area contributed by atoms with Crippen LogP contribution in [0.5, 0.6) is 0 Å². The molecule has 0 radical (unpaired) electrons. The third-order valence-corrected chi connectivity index (χ3v) is 3.78. The van der Waals surface area contributed by atoms with E-state index >= 15 is 0 Å². The quantitative estimate of drug-likeness (QED) is 0.829. The maximum absolute atomic E-state index is 12.2. The highest BCUT2D eigenvalue weighted by atomic mass is 16.3. The van der Waals surface area contributed by atoms with Gasteiger partial charge in [0.25, 0.3) is 0 Å². The number of carbonyl (C=O) groups is 1. The van der Waals surface area contributed by atoms with E-state index in [1.807, 2.05) is 30.3 Å². The van der Waals surface area contributed by atoms with Crippen molar-refractivity contribution < 1.29 is 9.90 Å². The fourth-order valence-corrected chi connectivity index (χ4v) is 2.62. The van der Waals surface area contributed by atoms with Gasteiger partial charge in [-0.1, -0.05) is 30.3 Å². The van der Waals surface area contributed by atoms with E-state index in [4.69, 9.17) is 5.73 Å². The van der Waals surface area contributed by atoms with Crippen LogP contribution in [-0.4, -0.2) is 41.1 Å². The fraction of sp³-hybridized carbons (Fsp3) is 0.533. The molecule has 4 nitrogen and oxygen atoms in total. The number of aryl methyl sites for hydroxylation is 1. The van der Waals surface area contributed by atoms with E-state index in [1.165, 1.54) is 5.56 Å². The molecule has 104 valence electrons. The van der Waals surface area contributed by atoms with Crippen molar-refractivity contribution in [2.75, 3.05) is 13.2 Å². The van der Waals surface area contributed by atoms with Gasteiger partial charge >= 0.3 is 0 Å². The zero-order valence-corrected chi connectivity index (χ0v) is 11.2. The minimum Gasteiger partial charge on any atom is -0.394 e. The summed E-state index contributed by atoms with van der Waals surface area (Å²) in [7, 11) is 0. The van der Waals surface area contributed by atoms with Crippen LogP contribution in [0.3, 0.4) is 0 Å². The van der Waals surface area contributed by atoms with E-state index < -0.39 is 6.04 Å². The standard InChI is InChI=1S/C15H22N2O2/c16-14(9-8-12-5-2-1-3-6-12)15(19)17-10-4-7-13(17)11-18/h1-3,5-6,13-14,18H,4,7-11,16H2. The SMILES string of the molecule is NC(CCc1ccccc1)C(=O)N1CCCC1CO. The van der Waals surface area contributed by atoms with Crippen LogP contribution in [0, 0.1) is 0 Å². The van der Waals surface area contributed by atoms with Crippen molar-refractivity contribution in [2.45, 2.75) is 37.8 Å². The zero-order valence-electron chi connectivity index (χ0n) is 11.2. The molecule has 0 aliphatic carbocycles. The number of aliphatic hydroxyl groups excluding tert-OH is 1. The van der Waals surface area contributed by atoms with Crippen LogP contribution in [0.4, 0.5) is 0 Å². The van der Waals surface area contributed by atoms with Crippen molar-refractivity contribution in [3.05, 3.63) is 35.9 Å². The Morgan fingerprint density at radius 1 is 1.42 bits per heavy atom. The number of nitrogens with two attached hydrogens (primary N) is 1. The van der Waals surface area contributed by atoms with Crippen molar-refractivity contribution in [1.82, 2.24) is 4.90 Å². The van der Waals surface area contributed by atoms with E-state index in [2.05, 4.69) is 0 Å². The minimum absolute atomic E-state index is 0.0209. The van der Waals surface area contributed by atoms with E-state index in [-0.39, 0.29) is 18.6 Å². The molecule has 1 saturated heterocycles. The van der Waals surface area contributed by atoms with Gasteiger partial charge in [-0.3, -0.25) is 4.79 Å². The summed E-state index contributed by atoms with van der Waals surface area (Å²) < 4.78 is 0. The number of benzene rings is 1. The predicted octanol–water partition coefficient (Wildman–Crippen LogP) is 0.930. The number of hydrogen-bond donors (Lipinski definition) is 2. The summed E-state index contributed by atoms with van der Waals surface area (Å²) in [6.07, 6.45) is 3.30. The molecule has 0 aromatic heterocycles. The van der Waals surface area contributed by atoms with Gasteiger partial charge in [-0.05, 0) is 31.2 Å². The van der Waals surface area contributed by atoms with Gasteiger partial charge in [0.15, 0.2) is 0 Å². The number of hydrogen-bond acceptors (Lipinski definition) is 3.